The number of sulfonamides is 1. The van der Waals surface area contributed by atoms with Gasteiger partial charge in [0.2, 0.25) is 10.0 Å². The van der Waals surface area contributed by atoms with Crippen LogP contribution in [0.2, 0.25) is 0 Å². The van der Waals surface area contributed by atoms with Crippen molar-refractivity contribution in [1.82, 2.24) is 0 Å². The largest absolute Gasteiger partial charge is 0.459 e. The maximum atomic E-state index is 11.8. The summed E-state index contributed by atoms with van der Waals surface area (Å²) in [4.78, 5) is 21.3. The lowest BCUT2D eigenvalue weighted by molar-refractivity contribution is -0.385. The van der Waals surface area contributed by atoms with Gasteiger partial charge in [0, 0.05) is 12.1 Å². The quantitative estimate of drug-likeness (QED) is 0.500. The minimum atomic E-state index is -4.15. The molecular formula is C11H12N2O6S. The van der Waals surface area contributed by atoms with Crippen molar-refractivity contribution < 1.29 is 22.9 Å². The molecule has 0 atom stereocenters. The van der Waals surface area contributed by atoms with E-state index in [1.807, 2.05) is 0 Å². The van der Waals surface area contributed by atoms with Crippen molar-refractivity contribution in [2.24, 2.45) is 5.14 Å². The van der Waals surface area contributed by atoms with E-state index in [4.69, 9.17) is 9.88 Å². The topological polar surface area (TPSA) is 130 Å². The van der Waals surface area contributed by atoms with E-state index in [1.165, 1.54) is 0 Å². The Hall–Kier alpha value is -2.00. The number of hydrogen-bond acceptors (Lipinski definition) is 6. The van der Waals surface area contributed by atoms with E-state index < -0.39 is 31.5 Å². The van der Waals surface area contributed by atoms with Gasteiger partial charge in [-0.25, -0.2) is 18.4 Å². The highest BCUT2D eigenvalue weighted by Crippen LogP contribution is 2.25. The molecule has 0 aliphatic heterocycles. The van der Waals surface area contributed by atoms with Gasteiger partial charge in [-0.15, -0.1) is 0 Å². The van der Waals surface area contributed by atoms with Crippen LogP contribution in [0.4, 0.5) is 5.69 Å². The molecule has 1 fully saturated rings. The number of ether oxygens (including phenoxy) is 1. The third-order valence-electron chi connectivity index (χ3n) is 2.99. The molecule has 0 saturated heterocycles. The third-order valence-corrected chi connectivity index (χ3v) is 3.89. The van der Waals surface area contributed by atoms with Crippen LogP contribution >= 0.6 is 0 Å². The SMILES string of the molecule is NS(=O)(=O)c1cc(C(=O)OC2CCC2)cc([N+](=O)[O-])c1. The maximum absolute atomic E-state index is 11.8. The summed E-state index contributed by atoms with van der Waals surface area (Å²) >= 11 is 0. The highest BCUT2D eigenvalue weighted by atomic mass is 32.2. The molecule has 1 saturated carbocycles. The van der Waals surface area contributed by atoms with E-state index >= 15 is 0 Å². The first-order valence-electron chi connectivity index (χ1n) is 5.80. The molecule has 1 aliphatic rings. The minimum absolute atomic E-state index is 0.199. The molecular weight excluding hydrogens is 288 g/mol. The molecule has 20 heavy (non-hydrogen) atoms. The number of esters is 1. The average molecular weight is 300 g/mol. The first kappa shape index (κ1) is 14.4. The van der Waals surface area contributed by atoms with Crippen LogP contribution in [0.15, 0.2) is 23.1 Å². The van der Waals surface area contributed by atoms with Gasteiger partial charge in [-0.3, -0.25) is 10.1 Å². The van der Waals surface area contributed by atoms with Crippen molar-refractivity contribution in [3.63, 3.8) is 0 Å². The Morgan fingerprint density at radius 1 is 1.35 bits per heavy atom. The third kappa shape index (κ3) is 3.11. The molecule has 0 unspecified atom stereocenters. The molecule has 0 spiro atoms. The number of rotatable bonds is 4. The van der Waals surface area contributed by atoms with Gasteiger partial charge in [0.25, 0.3) is 5.69 Å². The van der Waals surface area contributed by atoms with Gasteiger partial charge in [-0.2, -0.15) is 0 Å². The number of non-ortho nitro benzene ring substituents is 1. The second-order valence-corrected chi connectivity index (χ2v) is 6.04. The van der Waals surface area contributed by atoms with Gasteiger partial charge in [-0.1, -0.05) is 0 Å². The van der Waals surface area contributed by atoms with Gasteiger partial charge in [-0.05, 0) is 25.3 Å². The predicted octanol–water partition coefficient (Wildman–Crippen LogP) is 0.952. The van der Waals surface area contributed by atoms with Gasteiger partial charge in [0.05, 0.1) is 15.4 Å². The van der Waals surface area contributed by atoms with Crippen LogP contribution in [0, 0.1) is 10.1 Å². The van der Waals surface area contributed by atoms with Crippen LogP contribution in [-0.4, -0.2) is 25.4 Å². The zero-order valence-corrected chi connectivity index (χ0v) is 11.1. The van der Waals surface area contributed by atoms with Crippen LogP contribution in [0.5, 0.6) is 0 Å². The van der Waals surface area contributed by atoms with Gasteiger partial charge >= 0.3 is 5.97 Å². The first-order valence-corrected chi connectivity index (χ1v) is 7.35. The Morgan fingerprint density at radius 2 is 2.00 bits per heavy atom. The van der Waals surface area contributed by atoms with Crippen LogP contribution < -0.4 is 5.14 Å². The summed E-state index contributed by atoms with van der Waals surface area (Å²) in [5.41, 5.74) is -0.729. The molecule has 1 aliphatic carbocycles. The summed E-state index contributed by atoms with van der Waals surface area (Å²) in [5, 5.41) is 15.7. The van der Waals surface area contributed by atoms with E-state index in [9.17, 15) is 23.3 Å². The highest BCUT2D eigenvalue weighted by Gasteiger charge is 2.25. The number of nitrogens with two attached hydrogens (primary N) is 1. The Labute approximate surface area is 114 Å². The number of primary sulfonamides is 1. The van der Waals surface area contributed by atoms with Crippen molar-refractivity contribution in [3.8, 4) is 0 Å². The molecule has 2 rings (SSSR count). The van der Waals surface area contributed by atoms with Crippen LogP contribution in [0.25, 0.3) is 0 Å². The minimum Gasteiger partial charge on any atom is -0.459 e. The fourth-order valence-corrected chi connectivity index (χ4v) is 2.26. The van der Waals surface area contributed by atoms with E-state index in [2.05, 4.69) is 0 Å². The summed E-state index contributed by atoms with van der Waals surface area (Å²) in [6, 6.07) is 2.74. The zero-order valence-electron chi connectivity index (χ0n) is 10.3. The van der Waals surface area contributed by atoms with Crippen LogP contribution in [0.1, 0.15) is 29.6 Å². The smallest absolute Gasteiger partial charge is 0.338 e. The summed E-state index contributed by atoms with van der Waals surface area (Å²) in [5.74, 6) is -0.789. The van der Waals surface area contributed by atoms with Crippen molar-refractivity contribution in [1.29, 1.82) is 0 Å². The molecule has 2 N–H and O–H groups in total. The number of nitro benzene ring substituents is 1. The zero-order chi connectivity index (χ0) is 14.9. The molecule has 0 aromatic heterocycles. The van der Waals surface area contributed by atoms with Crippen molar-refractivity contribution in [2.45, 2.75) is 30.3 Å². The van der Waals surface area contributed by atoms with Crippen molar-refractivity contribution in [3.05, 3.63) is 33.9 Å². The molecule has 0 amide bonds. The summed E-state index contributed by atoms with van der Waals surface area (Å²) in [6.07, 6.45) is 2.22. The Balaban J connectivity index is 2.38. The Morgan fingerprint density at radius 3 is 2.45 bits per heavy atom. The maximum Gasteiger partial charge on any atom is 0.338 e. The lowest BCUT2D eigenvalue weighted by Crippen LogP contribution is -2.25. The molecule has 1 aromatic carbocycles. The molecule has 1 aromatic rings. The molecule has 8 nitrogen and oxygen atoms in total. The first-order chi connectivity index (χ1) is 9.27. The Kier molecular flexibility index (Phi) is 3.73. The number of nitrogens with zero attached hydrogens (tertiary/aromatic N) is 1. The molecule has 0 radical (unpaired) electrons. The van der Waals surface area contributed by atoms with E-state index in [0.29, 0.717) is 0 Å². The number of carbonyl (C=O) groups is 1. The van der Waals surface area contributed by atoms with Crippen LogP contribution in [-0.2, 0) is 14.8 Å². The summed E-state index contributed by atoms with van der Waals surface area (Å²) < 4.78 is 27.6. The van der Waals surface area contributed by atoms with Gasteiger partial charge in [0.15, 0.2) is 0 Å². The Bertz CT molecular complexity index is 665. The fraction of sp³-hybridized carbons (Fsp3) is 0.364. The lowest BCUT2D eigenvalue weighted by Gasteiger charge is -2.25. The second kappa shape index (κ2) is 5.17. The standard InChI is InChI=1S/C11H12N2O6S/c12-20(17,18)10-5-7(4-8(6-10)13(15)16)11(14)19-9-2-1-3-9/h4-6,9H,1-3H2,(H2,12,17,18). The fourth-order valence-electron chi connectivity index (χ4n) is 1.68. The molecule has 9 heteroatoms. The summed E-state index contributed by atoms with van der Waals surface area (Å²) in [7, 11) is -4.15. The van der Waals surface area contributed by atoms with Crippen LogP contribution in [0.3, 0.4) is 0 Å². The molecule has 108 valence electrons. The van der Waals surface area contributed by atoms with E-state index in [-0.39, 0.29) is 11.7 Å². The number of nitro groups is 1. The highest BCUT2D eigenvalue weighted by molar-refractivity contribution is 7.89. The predicted molar refractivity (Wildman–Crippen MR) is 67.5 cm³/mol. The lowest BCUT2D eigenvalue weighted by atomic mass is 9.96. The molecule has 0 heterocycles. The number of carbonyl (C=O) groups excluding carboxylic acids is 1. The van der Waals surface area contributed by atoms with Crippen molar-refractivity contribution in [2.75, 3.05) is 0 Å². The van der Waals surface area contributed by atoms with Crippen molar-refractivity contribution >= 4 is 21.7 Å². The molecule has 0 bridgehead atoms. The monoisotopic (exact) mass is 300 g/mol. The van der Waals surface area contributed by atoms with E-state index in [1.54, 1.807) is 0 Å². The van der Waals surface area contributed by atoms with Gasteiger partial charge < -0.3 is 4.74 Å². The number of benzene rings is 1. The van der Waals surface area contributed by atoms with Gasteiger partial charge in [0.1, 0.15) is 6.10 Å². The van der Waals surface area contributed by atoms with E-state index in [0.717, 1.165) is 37.5 Å². The average Bonchev–Trinajstić information content (AvgIpc) is 2.31. The number of hydrogen-bond donors (Lipinski definition) is 1. The summed E-state index contributed by atoms with van der Waals surface area (Å²) in [6.45, 7) is 0. The normalized spacial score (nSPS) is 15.4. The second-order valence-electron chi connectivity index (χ2n) is 4.48.